The van der Waals surface area contributed by atoms with Gasteiger partial charge in [0.15, 0.2) is 5.76 Å². The van der Waals surface area contributed by atoms with E-state index >= 15 is 0 Å². The zero-order valence-electron chi connectivity index (χ0n) is 9.92. The minimum Gasteiger partial charge on any atom is -0.507 e. The molecule has 0 atom stereocenters. The molecule has 0 amide bonds. The van der Waals surface area contributed by atoms with Crippen molar-refractivity contribution in [2.45, 2.75) is 6.54 Å². The van der Waals surface area contributed by atoms with Gasteiger partial charge < -0.3 is 19.8 Å². The van der Waals surface area contributed by atoms with Crippen LogP contribution in [-0.4, -0.2) is 14.7 Å². The Morgan fingerprint density at radius 3 is 2.94 bits per heavy atom. The quantitative estimate of drug-likeness (QED) is 0.721. The summed E-state index contributed by atoms with van der Waals surface area (Å²) < 4.78 is 7.48. The zero-order valence-corrected chi connectivity index (χ0v) is 9.92. The molecular weight excluding hydrogens is 230 g/mol. The van der Waals surface area contributed by atoms with E-state index in [0.717, 1.165) is 16.6 Å². The van der Waals surface area contributed by atoms with Crippen LogP contribution in [0.2, 0.25) is 0 Å². The van der Waals surface area contributed by atoms with Crippen molar-refractivity contribution in [1.82, 2.24) is 9.55 Å². The molecule has 2 aromatic heterocycles. The number of aryl methyl sites for hydroxylation is 1. The molecule has 0 saturated carbocycles. The molecule has 18 heavy (non-hydrogen) atoms. The van der Waals surface area contributed by atoms with E-state index in [9.17, 15) is 5.11 Å². The SMILES string of the molecule is Cn1c(-c2cnc(CN)o2)cc2c(O)cccc21. The van der Waals surface area contributed by atoms with Crippen LogP contribution < -0.4 is 5.73 Å². The van der Waals surface area contributed by atoms with Gasteiger partial charge in [-0.15, -0.1) is 0 Å². The van der Waals surface area contributed by atoms with Crippen molar-refractivity contribution in [3.05, 3.63) is 36.4 Å². The number of phenolic OH excluding ortho intramolecular Hbond substituents is 1. The molecule has 0 aliphatic rings. The van der Waals surface area contributed by atoms with Crippen molar-refractivity contribution in [2.24, 2.45) is 12.8 Å². The van der Waals surface area contributed by atoms with E-state index in [0.29, 0.717) is 11.7 Å². The van der Waals surface area contributed by atoms with Crippen molar-refractivity contribution in [3.63, 3.8) is 0 Å². The predicted octanol–water partition coefficient (Wildman–Crippen LogP) is 2.00. The molecule has 3 rings (SSSR count). The average Bonchev–Trinajstić information content (AvgIpc) is 2.96. The Kier molecular flexibility index (Phi) is 2.34. The maximum absolute atomic E-state index is 9.83. The average molecular weight is 243 g/mol. The van der Waals surface area contributed by atoms with Gasteiger partial charge in [-0.25, -0.2) is 4.98 Å². The van der Waals surface area contributed by atoms with Crippen LogP contribution >= 0.6 is 0 Å². The summed E-state index contributed by atoms with van der Waals surface area (Å²) in [5.74, 6) is 1.40. The largest absolute Gasteiger partial charge is 0.507 e. The van der Waals surface area contributed by atoms with E-state index in [4.69, 9.17) is 10.2 Å². The van der Waals surface area contributed by atoms with Crippen LogP contribution in [0.3, 0.4) is 0 Å². The summed E-state index contributed by atoms with van der Waals surface area (Å²) in [7, 11) is 1.92. The predicted molar refractivity (Wildman–Crippen MR) is 68.0 cm³/mol. The fourth-order valence-corrected chi connectivity index (χ4v) is 2.10. The number of nitrogens with zero attached hydrogens (tertiary/aromatic N) is 2. The van der Waals surface area contributed by atoms with Crippen molar-refractivity contribution < 1.29 is 9.52 Å². The third kappa shape index (κ3) is 1.48. The zero-order chi connectivity index (χ0) is 12.7. The summed E-state index contributed by atoms with van der Waals surface area (Å²) in [6.07, 6.45) is 1.65. The molecule has 5 nitrogen and oxygen atoms in total. The number of phenols is 1. The number of hydrogen-bond acceptors (Lipinski definition) is 4. The summed E-state index contributed by atoms with van der Waals surface area (Å²) in [6, 6.07) is 7.30. The third-order valence-electron chi connectivity index (χ3n) is 3.04. The van der Waals surface area contributed by atoms with Crippen molar-refractivity contribution in [1.29, 1.82) is 0 Å². The minimum atomic E-state index is 0.257. The summed E-state index contributed by atoms with van der Waals surface area (Å²) >= 11 is 0. The Hall–Kier alpha value is -2.27. The monoisotopic (exact) mass is 243 g/mol. The standard InChI is InChI=1S/C13H13N3O2/c1-16-9-3-2-4-11(17)8(9)5-10(16)12-7-15-13(6-14)18-12/h2-5,7,17H,6,14H2,1H3. The molecule has 1 aromatic carbocycles. The highest BCUT2D eigenvalue weighted by molar-refractivity contribution is 5.90. The number of hydrogen-bond donors (Lipinski definition) is 2. The van der Waals surface area contributed by atoms with Gasteiger partial charge in [0.05, 0.1) is 24.0 Å². The molecule has 0 bridgehead atoms. The molecule has 92 valence electrons. The van der Waals surface area contributed by atoms with Gasteiger partial charge in [-0.05, 0) is 18.2 Å². The first-order valence-electron chi connectivity index (χ1n) is 5.63. The number of oxazole rings is 1. The van der Waals surface area contributed by atoms with E-state index in [-0.39, 0.29) is 12.3 Å². The number of rotatable bonds is 2. The maximum atomic E-state index is 9.83. The molecule has 0 radical (unpaired) electrons. The first kappa shape index (κ1) is 10.9. The van der Waals surface area contributed by atoms with Crippen LogP contribution in [0.4, 0.5) is 0 Å². The smallest absolute Gasteiger partial charge is 0.208 e. The molecule has 0 spiro atoms. The topological polar surface area (TPSA) is 77.2 Å². The molecule has 0 unspecified atom stereocenters. The number of nitrogens with two attached hydrogens (primary N) is 1. The maximum Gasteiger partial charge on any atom is 0.208 e. The van der Waals surface area contributed by atoms with Crippen molar-refractivity contribution in [3.8, 4) is 17.2 Å². The number of aromatic hydroxyl groups is 1. The second-order valence-corrected chi connectivity index (χ2v) is 4.12. The van der Waals surface area contributed by atoms with E-state index in [1.807, 2.05) is 29.8 Å². The lowest BCUT2D eigenvalue weighted by molar-refractivity contribution is 0.481. The number of aromatic nitrogens is 2. The normalized spacial score (nSPS) is 11.2. The molecule has 3 N–H and O–H groups in total. The van der Waals surface area contributed by atoms with Crippen LogP contribution in [0.15, 0.2) is 34.9 Å². The second kappa shape index (κ2) is 3.89. The van der Waals surface area contributed by atoms with Crippen molar-refractivity contribution in [2.75, 3.05) is 0 Å². The number of benzene rings is 1. The highest BCUT2D eigenvalue weighted by atomic mass is 16.4. The van der Waals surface area contributed by atoms with Gasteiger partial charge in [-0.2, -0.15) is 0 Å². The molecule has 3 aromatic rings. The van der Waals surface area contributed by atoms with E-state index in [1.165, 1.54) is 0 Å². The van der Waals surface area contributed by atoms with Gasteiger partial charge in [0.1, 0.15) is 5.75 Å². The Morgan fingerprint density at radius 2 is 2.28 bits per heavy atom. The third-order valence-corrected chi connectivity index (χ3v) is 3.04. The van der Waals surface area contributed by atoms with E-state index in [1.54, 1.807) is 12.3 Å². The molecule has 5 heteroatoms. The minimum absolute atomic E-state index is 0.257. The van der Waals surface area contributed by atoms with Gasteiger partial charge in [0.25, 0.3) is 0 Å². The summed E-state index contributed by atoms with van der Waals surface area (Å²) in [4.78, 5) is 4.08. The van der Waals surface area contributed by atoms with Crippen LogP contribution in [-0.2, 0) is 13.6 Å². The molecule has 0 aliphatic heterocycles. The van der Waals surface area contributed by atoms with Crippen LogP contribution in [0.1, 0.15) is 5.89 Å². The van der Waals surface area contributed by atoms with Gasteiger partial charge in [-0.3, -0.25) is 0 Å². The lowest BCUT2D eigenvalue weighted by Gasteiger charge is -2.00. The fraction of sp³-hybridized carbons (Fsp3) is 0.154. The lowest BCUT2D eigenvalue weighted by Crippen LogP contribution is -1.95. The first-order valence-corrected chi connectivity index (χ1v) is 5.63. The van der Waals surface area contributed by atoms with Crippen LogP contribution in [0.25, 0.3) is 22.4 Å². The summed E-state index contributed by atoms with van der Waals surface area (Å²) in [5, 5.41) is 10.6. The molecular formula is C13H13N3O2. The fourth-order valence-electron chi connectivity index (χ4n) is 2.10. The Balaban J connectivity index is 2.23. The van der Waals surface area contributed by atoms with Crippen LogP contribution in [0, 0.1) is 0 Å². The van der Waals surface area contributed by atoms with Gasteiger partial charge in [0, 0.05) is 12.4 Å². The van der Waals surface area contributed by atoms with Gasteiger partial charge in [0.2, 0.25) is 5.89 Å². The highest BCUT2D eigenvalue weighted by Gasteiger charge is 2.13. The molecule has 2 heterocycles. The van der Waals surface area contributed by atoms with E-state index < -0.39 is 0 Å². The first-order chi connectivity index (χ1) is 8.70. The molecule has 0 aliphatic carbocycles. The summed E-state index contributed by atoms with van der Waals surface area (Å²) in [5.41, 5.74) is 7.28. The summed E-state index contributed by atoms with van der Waals surface area (Å²) in [6.45, 7) is 0.273. The second-order valence-electron chi connectivity index (χ2n) is 4.12. The Labute approximate surface area is 103 Å². The number of fused-ring (bicyclic) bond motifs is 1. The Morgan fingerprint density at radius 1 is 1.44 bits per heavy atom. The highest BCUT2D eigenvalue weighted by Crippen LogP contribution is 2.32. The lowest BCUT2D eigenvalue weighted by atomic mass is 10.2. The van der Waals surface area contributed by atoms with Gasteiger partial charge >= 0.3 is 0 Å². The Bertz CT molecular complexity index is 712. The van der Waals surface area contributed by atoms with E-state index in [2.05, 4.69) is 4.98 Å². The molecule has 0 fully saturated rings. The van der Waals surface area contributed by atoms with Crippen molar-refractivity contribution >= 4 is 10.9 Å². The van der Waals surface area contributed by atoms with Gasteiger partial charge in [-0.1, -0.05) is 6.07 Å². The molecule has 0 saturated heterocycles. The van der Waals surface area contributed by atoms with Crippen LogP contribution in [0.5, 0.6) is 5.75 Å².